The Kier molecular flexibility index (Phi) is 2.88. The molecule has 0 radical (unpaired) electrons. The maximum absolute atomic E-state index is 5.37. The van der Waals surface area contributed by atoms with Crippen molar-refractivity contribution in [1.82, 2.24) is 20.8 Å². The molecule has 0 aromatic carbocycles. The van der Waals surface area contributed by atoms with Gasteiger partial charge < -0.3 is 15.2 Å². The summed E-state index contributed by atoms with van der Waals surface area (Å²) in [5, 5.41) is 10.9. The fraction of sp³-hybridized carbons (Fsp3) is 0.818. The van der Waals surface area contributed by atoms with E-state index in [0.717, 1.165) is 44.2 Å². The summed E-state index contributed by atoms with van der Waals surface area (Å²) in [6, 6.07) is 0.282. The number of hydrogen-bond donors (Lipinski definition) is 2. The number of nitrogens with one attached hydrogen (secondary N) is 2. The molecule has 2 saturated heterocycles. The Bertz CT molecular complexity index is 340. The highest BCUT2D eigenvalue weighted by Crippen LogP contribution is 2.24. The molecule has 2 aliphatic rings. The molecule has 3 rings (SSSR count). The summed E-state index contributed by atoms with van der Waals surface area (Å²) >= 11 is 0. The van der Waals surface area contributed by atoms with Crippen LogP contribution in [0.25, 0.3) is 0 Å². The smallest absolute Gasteiger partial charge is 0.243 e. The van der Waals surface area contributed by atoms with Crippen LogP contribution in [0.4, 0.5) is 0 Å². The molecule has 16 heavy (non-hydrogen) atoms. The van der Waals surface area contributed by atoms with E-state index in [1.54, 1.807) is 0 Å². The third-order valence-corrected chi connectivity index (χ3v) is 3.49. The van der Waals surface area contributed by atoms with E-state index >= 15 is 0 Å². The number of piperidine rings is 1. The van der Waals surface area contributed by atoms with Crippen LogP contribution in [-0.2, 0) is 0 Å². The van der Waals surface area contributed by atoms with Gasteiger partial charge in [-0.2, -0.15) is 4.98 Å². The lowest BCUT2D eigenvalue weighted by atomic mass is 10.1. The molecular weight excluding hydrogens is 204 g/mol. The maximum atomic E-state index is 5.37. The van der Waals surface area contributed by atoms with E-state index < -0.39 is 0 Å². The highest BCUT2D eigenvalue weighted by molar-refractivity contribution is 5.02. The van der Waals surface area contributed by atoms with E-state index in [-0.39, 0.29) is 6.04 Å². The average molecular weight is 222 g/mol. The predicted octanol–water partition coefficient (Wildman–Crippen LogP) is 0.961. The van der Waals surface area contributed by atoms with Crippen molar-refractivity contribution >= 4 is 0 Å². The molecule has 2 fully saturated rings. The van der Waals surface area contributed by atoms with Gasteiger partial charge in [0.05, 0.1) is 6.04 Å². The van der Waals surface area contributed by atoms with Crippen molar-refractivity contribution in [2.75, 3.05) is 19.6 Å². The van der Waals surface area contributed by atoms with Crippen LogP contribution in [-0.4, -0.2) is 29.8 Å². The Hall–Kier alpha value is -0.940. The number of rotatable bonds is 2. The van der Waals surface area contributed by atoms with Crippen LogP contribution in [0.1, 0.15) is 49.4 Å². The van der Waals surface area contributed by atoms with Crippen LogP contribution < -0.4 is 10.6 Å². The van der Waals surface area contributed by atoms with Gasteiger partial charge in [-0.1, -0.05) is 11.6 Å². The Morgan fingerprint density at radius 2 is 2.19 bits per heavy atom. The molecule has 88 valence electrons. The van der Waals surface area contributed by atoms with Crippen molar-refractivity contribution in [3.05, 3.63) is 11.7 Å². The SMILES string of the molecule is C1CCC(c2nc(C3CCNC3)no2)NC1. The molecule has 2 atom stereocenters. The van der Waals surface area contributed by atoms with E-state index in [1.165, 1.54) is 12.8 Å². The van der Waals surface area contributed by atoms with Crippen molar-refractivity contribution < 1.29 is 4.52 Å². The Labute approximate surface area is 95.0 Å². The van der Waals surface area contributed by atoms with Crippen molar-refractivity contribution in [2.24, 2.45) is 0 Å². The quantitative estimate of drug-likeness (QED) is 0.780. The van der Waals surface area contributed by atoms with Gasteiger partial charge in [-0.05, 0) is 32.4 Å². The van der Waals surface area contributed by atoms with Gasteiger partial charge in [0, 0.05) is 12.5 Å². The molecule has 2 unspecified atom stereocenters. The molecule has 2 N–H and O–H groups in total. The van der Waals surface area contributed by atoms with Gasteiger partial charge in [0.2, 0.25) is 5.89 Å². The summed E-state index contributed by atoms with van der Waals surface area (Å²) in [5.41, 5.74) is 0. The molecule has 0 spiro atoms. The van der Waals surface area contributed by atoms with Gasteiger partial charge in [0.15, 0.2) is 5.82 Å². The van der Waals surface area contributed by atoms with E-state index in [1.807, 2.05) is 0 Å². The molecule has 5 nitrogen and oxygen atoms in total. The molecular formula is C11H18N4O. The first-order valence-corrected chi connectivity index (χ1v) is 6.21. The van der Waals surface area contributed by atoms with Crippen LogP contribution in [0.15, 0.2) is 4.52 Å². The molecule has 0 saturated carbocycles. The van der Waals surface area contributed by atoms with Gasteiger partial charge in [-0.25, -0.2) is 0 Å². The number of aromatic nitrogens is 2. The monoisotopic (exact) mass is 222 g/mol. The fourth-order valence-electron chi connectivity index (χ4n) is 2.49. The second kappa shape index (κ2) is 4.51. The Balaban J connectivity index is 1.71. The first-order valence-electron chi connectivity index (χ1n) is 6.21. The molecule has 5 heteroatoms. The van der Waals surface area contributed by atoms with Crippen LogP contribution in [0.2, 0.25) is 0 Å². The number of hydrogen-bond acceptors (Lipinski definition) is 5. The Morgan fingerprint density at radius 1 is 1.19 bits per heavy atom. The van der Waals surface area contributed by atoms with Crippen LogP contribution in [0, 0.1) is 0 Å². The van der Waals surface area contributed by atoms with Crippen LogP contribution >= 0.6 is 0 Å². The molecule has 1 aromatic rings. The molecule has 1 aromatic heterocycles. The van der Waals surface area contributed by atoms with E-state index in [9.17, 15) is 0 Å². The lowest BCUT2D eigenvalue weighted by molar-refractivity contribution is 0.295. The third-order valence-electron chi connectivity index (χ3n) is 3.49. The second-order valence-electron chi connectivity index (χ2n) is 4.68. The molecule has 0 amide bonds. The second-order valence-corrected chi connectivity index (χ2v) is 4.68. The summed E-state index contributed by atoms with van der Waals surface area (Å²) in [6.45, 7) is 3.11. The minimum Gasteiger partial charge on any atom is -0.338 e. The third kappa shape index (κ3) is 1.97. The van der Waals surface area contributed by atoms with Crippen molar-refractivity contribution in [3.63, 3.8) is 0 Å². The summed E-state index contributed by atoms with van der Waals surface area (Å²) in [4.78, 5) is 4.54. The zero-order valence-corrected chi connectivity index (χ0v) is 9.41. The van der Waals surface area contributed by atoms with E-state index in [4.69, 9.17) is 4.52 Å². The lowest BCUT2D eigenvalue weighted by Gasteiger charge is -2.19. The van der Waals surface area contributed by atoms with E-state index in [2.05, 4.69) is 20.8 Å². The van der Waals surface area contributed by atoms with Crippen LogP contribution in [0.5, 0.6) is 0 Å². The molecule has 0 aliphatic carbocycles. The zero-order valence-electron chi connectivity index (χ0n) is 9.41. The summed E-state index contributed by atoms with van der Waals surface area (Å²) in [7, 11) is 0. The Morgan fingerprint density at radius 3 is 2.94 bits per heavy atom. The van der Waals surface area contributed by atoms with Crippen molar-refractivity contribution in [3.8, 4) is 0 Å². The van der Waals surface area contributed by atoms with Gasteiger partial charge in [-0.15, -0.1) is 0 Å². The topological polar surface area (TPSA) is 63.0 Å². The average Bonchev–Trinajstić information content (AvgIpc) is 3.01. The minimum atomic E-state index is 0.282. The van der Waals surface area contributed by atoms with Gasteiger partial charge in [0.1, 0.15) is 0 Å². The standard InChI is InChI=1S/C11H18N4O/c1-2-5-13-9(3-1)11-14-10(15-16-11)8-4-6-12-7-8/h8-9,12-13H,1-7H2. The van der Waals surface area contributed by atoms with Crippen molar-refractivity contribution in [2.45, 2.75) is 37.6 Å². The normalized spacial score (nSPS) is 30.8. The van der Waals surface area contributed by atoms with Crippen LogP contribution in [0.3, 0.4) is 0 Å². The number of nitrogens with zero attached hydrogens (tertiary/aromatic N) is 2. The van der Waals surface area contributed by atoms with Crippen molar-refractivity contribution in [1.29, 1.82) is 0 Å². The summed E-state index contributed by atoms with van der Waals surface area (Å²) in [6.07, 6.45) is 4.74. The highest BCUT2D eigenvalue weighted by Gasteiger charge is 2.25. The molecule has 2 aliphatic heterocycles. The van der Waals surface area contributed by atoms with Gasteiger partial charge >= 0.3 is 0 Å². The minimum absolute atomic E-state index is 0.282. The lowest BCUT2D eigenvalue weighted by Crippen LogP contribution is -2.27. The van der Waals surface area contributed by atoms with Gasteiger partial charge in [0.25, 0.3) is 0 Å². The maximum Gasteiger partial charge on any atom is 0.243 e. The molecule has 3 heterocycles. The first kappa shape index (κ1) is 10.2. The summed E-state index contributed by atoms with van der Waals surface area (Å²) in [5.74, 6) is 2.11. The zero-order chi connectivity index (χ0) is 10.8. The van der Waals surface area contributed by atoms with E-state index in [0.29, 0.717) is 5.92 Å². The largest absolute Gasteiger partial charge is 0.338 e. The fourth-order valence-corrected chi connectivity index (χ4v) is 2.49. The predicted molar refractivity (Wildman–Crippen MR) is 59.1 cm³/mol. The van der Waals surface area contributed by atoms with Gasteiger partial charge in [-0.3, -0.25) is 0 Å². The highest BCUT2D eigenvalue weighted by atomic mass is 16.5. The summed E-state index contributed by atoms with van der Waals surface area (Å²) < 4.78 is 5.37. The first-order chi connectivity index (χ1) is 7.93. The molecule has 0 bridgehead atoms.